The van der Waals surface area contributed by atoms with Crippen molar-refractivity contribution in [1.29, 1.82) is 0 Å². The first-order chi connectivity index (χ1) is 12.7. The van der Waals surface area contributed by atoms with Crippen molar-refractivity contribution >= 4 is 28.3 Å². The summed E-state index contributed by atoms with van der Waals surface area (Å²) in [5, 5.41) is 2.70. The van der Waals surface area contributed by atoms with Gasteiger partial charge < -0.3 is 11.1 Å². The number of nitrogens with two attached hydrogens (primary N) is 1. The molecule has 0 saturated heterocycles. The number of carbonyl (C=O) groups is 1. The van der Waals surface area contributed by atoms with Crippen LogP contribution in [0.25, 0.3) is 0 Å². The molecule has 2 rings (SSSR count). The van der Waals surface area contributed by atoms with Crippen molar-refractivity contribution in [3.8, 4) is 0 Å². The van der Waals surface area contributed by atoms with Crippen LogP contribution in [0.3, 0.4) is 0 Å². The summed E-state index contributed by atoms with van der Waals surface area (Å²) in [4.78, 5) is 12.3. The van der Waals surface area contributed by atoms with E-state index >= 15 is 0 Å². The molecule has 0 bridgehead atoms. The van der Waals surface area contributed by atoms with Crippen LogP contribution in [0.4, 0.5) is 0 Å². The van der Waals surface area contributed by atoms with E-state index in [9.17, 15) is 13.2 Å². The zero-order valence-corrected chi connectivity index (χ0v) is 18.0. The van der Waals surface area contributed by atoms with Gasteiger partial charge in [-0.3, -0.25) is 4.79 Å². The summed E-state index contributed by atoms with van der Waals surface area (Å²) in [7, 11) is -2.32. The van der Waals surface area contributed by atoms with Crippen molar-refractivity contribution in [3.63, 3.8) is 0 Å². The fourth-order valence-corrected chi connectivity index (χ4v) is 3.73. The third-order valence-electron chi connectivity index (χ3n) is 4.37. The number of nitrogens with zero attached hydrogens (tertiary/aromatic N) is 1. The fraction of sp³-hybridized carbons (Fsp3) is 0.350. The maximum atomic E-state index is 12.4. The van der Waals surface area contributed by atoms with Gasteiger partial charge in [-0.25, -0.2) is 8.42 Å². The highest BCUT2D eigenvalue weighted by Crippen LogP contribution is 2.17. The number of amides is 1. The number of carbonyl (C=O) groups excluding carboxylic acids is 1. The molecule has 0 heterocycles. The number of benzene rings is 2. The van der Waals surface area contributed by atoms with Gasteiger partial charge in [0.2, 0.25) is 15.9 Å². The minimum atomic E-state index is -3.70. The molecule has 2 aromatic rings. The molecule has 0 saturated carbocycles. The molecular weight excluding hydrogens is 398 g/mol. The van der Waals surface area contributed by atoms with Crippen LogP contribution in [0.1, 0.15) is 36.9 Å². The summed E-state index contributed by atoms with van der Waals surface area (Å²) in [5.41, 5.74) is 8.28. The van der Waals surface area contributed by atoms with Crippen molar-refractivity contribution in [2.45, 2.75) is 30.7 Å². The molecule has 2 aromatic carbocycles. The number of rotatable bonds is 8. The Kier molecular flexibility index (Phi) is 9.10. The van der Waals surface area contributed by atoms with E-state index in [1.807, 2.05) is 24.3 Å². The lowest BCUT2D eigenvalue weighted by Crippen LogP contribution is -2.40. The number of likely N-dealkylation sites (N-methyl/N-ethyl adjacent to an activating group) is 1. The van der Waals surface area contributed by atoms with Crippen LogP contribution in [-0.4, -0.2) is 38.8 Å². The van der Waals surface area contributed by atoms with Crippen molar-refractivity contribution in [1.82, 2.24) is 9.62 Å². The lowest BCUT2D eigenvalue weighted by molar-refractivity contribution is -0.121. The molecule has 154 valence electrons. The van der Waals surface area contributed by atoms with E-state index < -0.39 is 15.9 Å². The normalized spacial score (nSPS) is 12.5. The van der Waals surface area contributed by atoms with Crippen molar-refractivity contribution in [2.24, 2.45) is 5.73 Å². The molecule has 6 nitrogen and oxygen atoms in total. The Labute approximate surface area is 173 Å². The van der Waals surface area contributed by atoms with Crippen LogP contribution >= 0.6 is 12.4 Å². The monoisotopic (exact) mass is 425 g/mol. The molecular formula is C20H28ClN3O3S. The quantitative estimate of drug-likeness (QED) is 0.680. The molecule has 0 aliphatic heterocycles. The van der Waals surface area contributed by atoms with Gasteiger partial charge in [0.15, 0.2) is 0 Å². The van der Waals surface area contributed by atoms with Crippen LogP contribution in [0.2, 0.25) is 0 Å². The molecule has 0 aliphatic rings. The topological polar surface area (TPSA) is 92.5 Å². The first-order valence-corrected chi connectivity index (χ1v) is 10.3. The van der Waals surface area contributed by atoms with E-state index in [2.05, 4.69) is 19.2 Å². The third kappa shape index (κ3) is 6.31. The number of halogens is 1. The molecule has 0 spiro atoms. The van der Waals surface area contributed by atoms with E-state index in [1.165, 1.54) is 24.7 Å². The van der Waals surface area contributed by atoms with Gasteiger partial charge in [-0.1, -0.05) is 56.3 Å². The molecule has 0 aliphatic carbocycles. The standard InChI is InChI=1S/C20H27N3O3S.ClH/c1-15(2)16-9-11-17(12-10-16)19(21)13-22-20(24)14-23(3)27(25,26)18-7-5-4-6-8-18;/h4-12,15,19H,13-14,21H2,1-3H3,(H,22,24);1H. The first-order valence-electron chi connectivity index (χ1n) is 8.85. The summed E-state index contributed by atoms with van der Waals surface area (Å²) in [6, 6.07) is 15.6. The van der Waals surface area contributed by atoms with Gasteiger partial charge in [0, 0.05) is 19.6 Å². The Morgan fingerprint density at radius 3 is 2.11 bits per heavy atom. The fourth-order valence-electron chi connectivity index (χ4n) is 2.59. The summed E-state index contributed by atoms with van der Waals surface area (Å²) in [5.74, 6) is 0.0448. The Morgan fingerprint density at radius 1 is 1.04 bits per heavy atom. The Morgan fingerprint density at radius 2 is 1.57 bits per heavy atom. The summed E-state index contributed by atoms with van der Waals surface area (Å²) in [6.07, 6.45) is 0. The second kappa shape index (κ2) is 10.6. The minimum Gasteiger partial charge on any atom is -0.353 e. The van der Waals surface area contributed by atoms with Crippen LogP contribution in [-0.2, 0) is 14.8 Å². The smallest absolute Gasteiger partial charge is 0.243 e. The maximum absolute atomic E-state index is 12.4. The highest BCUT2D eigenvalue weighted by atomic mass is 35.5. The second-order valence-electron chi connectivity index (χ2n) is 6.81. The highest BCUT2D eigenvalue weighted by molar-refractivity contribution is 7.89. The first kappa shape index (κ1) is 24.1. The van der Waals surface area contributed by atoms with E-state index in [4.69, 9.17) is 5.73 Å². The highest BCUT2D eigenvalue weighted by Gasteiger charge is 2.22. The predicted octanol–water partition coefficient (Wildman–Crippen LogP) is 2.67. The number of hydrogen-bond acceptors (Lipinski definition) is 4. The van der Waals surface area contributed by atoms with Gasteiger partial charge >= 0.3 is 0 Å². The van der Waals surface area contributed by atoms with E-state index in [1.54, 1.807) is 18.2 Å². The molecule has 1 amide bonds. The maximum Gasteiger partial charge on any atom is 0.243 e. The zero-order valence-electron chi connectivity index (χ0n) is 16.3. The largest absolute Gasteiger partial charge is 0.353 e. The van der Waals surface area contributed by atoms with Crippen molar-refractivity contribution in [2.75, 3.05) is 20.1 Å². The van der Waals surface area contributed by atoms with Gasteiger partial charge in [0.05, 0.1) is 11.4 Å². The van der Waals surface area contributed by atoms with Gasteiger partial charge in [0.1, 0.15) is 0 Å². The summed E-state index contributed by atoms with van der Waals surface area (Å²) >= 11 is 0. The van der Waals surface area contributed by atoms with Gasteiger partial charge in [-0.2, -0.15) is 4.31 Å². The number of nitrogens with one attached hydrogen (secondary N) is 1. The van der Waals surface area contributed by atoms with Crippen LogP contribution in [0.15, 0.2) is 59.5 Å². The summed E-state index contributed by atoms with van der Waals surface area (Å²) < 4.78 is 25.9. The van der Waals surface area contributed by atoms with Gasteiger partial charge in [-0.15, -0.1) is 12.4 Å². The van der Waals surface area contributed by atoms with E-state index in [-0.39, 0.29) is 36.4 Å². The molecule has 0 aromatic heterocycles. The molecule has 8 heteroatoms. The molecule has 0 fully saturated rings. The van der Waals surface area contributed by atoms with Gasteiger partial charge in [0.25, 0.3) is 0 Å². The zero-order chi connectivity index (χ0) is 20.0. The average Bonchev–Trinajstić information content (AvgIpc) is 2.66. The second-order valence-corrected chi connectivity index (χ2v) is 8.85. The van der Waals surface area contributed by atoms with Crippen molar-refractivity contribution in [3.05, 3.63) is 65.7 Å². The Balaban J connectivity index is 0.00000392. The molecule has 0 radical (unpaired) electrons. The van der Waals surface area contributed by atoms with E-state index in [0.29, 0.717) is 5.92 Å². The molecule has 3 N–H and O–H groups in total. The SMILES string of the molecule is CC(C)c1ccc(C(N)CNC(=O)CN(C)S(=O)(=O)c2ccccc2)cc1.Cl. The minimum absolute atomic E-state index is 0. The Bertz CT molecular complexity index is 856. The van der Waals surface area contributed by atoms with Crippen LogP contribution < -0.4 is 11.1 Å². The lowest BCUT2D eigenvalue weighted by Gasteiger charge is -2.18. The van der Waals surface area contributed by atoms with Crippen LogP contribution in [0.5, 0.6) is 0 Å². The van der Waals surface area contributed by atoms with E-state index in [0.717, 1.165) is 9.87 Å². The number of hydrogen-bond donors (Lipinski definition) is 2. The molecule has 1 unspecified atom stereocenters. The Hall–Kier alpha value is -1.93. The van der Waals surface area contributed by atoms with Crippen LogP contribution in [0, 0.1) is 0 Å². The number of sulfonamides is 1. The third-order valence-corrected chi connectivity index (χ3v) is 6.19. The summed E-state index contributed by atoms with van der Waals surface area (Å²) in [6.45, 7) is 4.21. The lowest BCUT2D eigenvalue weighted by atomic mass is 9.99. The van der Waals surface area contributed by atoms with Gasteiger partial charge in [-0.05, 0) is 29.2 Å². The predicted molar refractivity (Wildman–Crippen MR) is 114 cm³/mol. The molecule has 28 heavy (non-hydrogen) atoms. The van der Waals surface area contributed by atoms with Crippen molar-refractivity contribution < 1.29 is 13.2 Å². The average molecular weight is 426 g/mol. The molecule has 1 atom stereocenters.